The molecule has 0 aliphatic carbocycles. The molecule has 0 saturated heterocycles. The van der Waals surface area contributed by atoms with E-state index in [9.17, 15) is 0 Å². The Morgan fingerprint density at radius 1 is 1.33 bits per heavy atom. The van der Waals surface area contributed by atoms with Gasteiger partial charge in [0.2, 0.25) is 0 Å². The Morgan fingerprint density at radius 3 is 2.87 bits per heavy atom. The zero-order valence-electron chi connectivity index (χ0n) is 8.92. The normalized spacial score (nSPS) is 14.5. The second-order valence-electron chi connectivity index (χ2n) is 3.67. The second kappa shape index (κ2) is 4.17. The van der Waals surface area contributed by atoms with Crippen molar-refractivity contribution in [3.05, 3.63) is 48.5 Å². The molecule has 3 nitrogen and oxygen atoms in total. The van der Waals surface area contributed by atoms with Gasteiger partial charge in [-0.3, -0.25) is 0 Å². The summed E-state index contributed by atoms with van der Waals surface area (Å²) in [6, 6.07) is 4.02. The largest absolute Gasteiger partial charge is 0.382 e. The molecule has 0 spiro atoms. The number of hydrogen-bond donors (Lipinski definition) is 0. The number of rotatable bonds is 2. The van der Waals surface area contributed by atoms with Gasteiger partial charge in [-0.25, -0.2) is 4.98 Å². The molecule has 0 N–H and O–H groups in total. The smallest absolute Gasteiger partial charge is 0.172 e. The van der Waals surface area contributed by atoms with E-state index in [1.54, 1.807) is 17.5 Å². The molecular weight excluding hydrogens is 188 g/mol. The zero-order chi connectivity index (χ0) is 10.7. The quantitative estimate of drug-likeness (QED) is 0.737. The second-order valence-corrected chi connectivity index (χ2v) is 3.67. The topological polar surface area (TPSA) is 25.4 Å². The highest BCUT2D eigenvalue weighted by molar-refractivity contribution is 5.49. The Morgan fingerprint density at radius 2 is 2.20 bits per heavy atom. The van der Waals surface area contributed by atoms with Gasteiger partial charge < -0.3 is 4.84 Å². The van der Waals surface area contributed by atoms with E-state index in [-0.39, 0.29) is 0 Å². The molecule has 0 fully saturated rings. The molecule has 2 rings (SSSR count). The van der Waals surface area contributed by atoms with Crippen LogP contribution in [-0.4, -0.2) is 4.98 Å². The lowest BCUT2D eigenvalue weighted by Gasteiger charge is -2.22. The van der Waals surface area contributed by atoms with Gasteiger partial charge in [0.25, 0.3) is 0 Å². The van der Waals surface area contributed by atoms with Gasteiger partial charge in [0.1, 0.15) is 6.26 Å². The van der Waals surface area contributed by atoms with Gasteiger partial charge >= 0.3 is 0 Å². The first kappa shape index (κ1) is 9.77. The Kier molecular flexibility index (Phi) is 2.72. The maximum absolute atomic E-state index is 5.36. The molecule has 1 aliphatic heterocycles. The molecule has 3 heteroatoms. The Labute approximate surface area is 89.6 Å². The molecule has 0 radical (unpaired) electrons. The highest BCUT2D eigenvalue weighted by Gasteiger charge is 2.13. The molecule has 0 bridgehead atoms. The molecular formula is C12H14N2O. The summed E-state index contributed by atoms with van der Waals surface area (Å²) in [7, 11) is 0. The predicted molar refractivity (Wildman–Crippen MR) is 60.2 cm³/mol. The summed E-state index contributed by atoms with van der Waals surface area (Å²) in [5.41, 5.74) is 1.18. The summed E-state index contributed by atoms with van der Waals surface area (Å²) in [6.45, 7) is 4.29. The van der Waals surface area contributed by atoms with Crippen molar-refractivity contribution >= 4 is 5.82 Å². The first-order chi connectivity index (χ1) is 7.29. The van der Waals surface area contributed by atoms with E-state index >= 15 is 0 Å². The SMILES string of the molecule is CC(C)c1cccnc1N1C=CC=CO1. The average Bonchev–Trinajstić information content (AvgIpc) is 2.30. The van der Waals surface area contributed by atoms with E-state index in [1.807, 2.05) is 24.4 Å². The Hall–Kier alpha value is -1.77. The Bertz CT molecular complexity index is 396. The van der Waals surface area contributed by atoms with Crippen molar-refractivity contribution in [3.8, 4) is 0 Å². The summed E-state index contributed by atoms with van der Waals surface area (Å²) in [6.07, 6.45) is 9.03. The summed E-state index contributed by atoms with van der Waals surface area (Å²) in [5, 5.41) is 1.68. The fraction of sp³-hybridized carbons (Fsp3) is 0.250. The third kappa shape index (κ3) is 2.01. The van der Waals surface area contributed by atoms with Gasteiger partial charge in [-0.1, -0.05) is 19.9 Å². The van der Waals surface area contributed by atoms with Gasteiger partial charge in [0, 0.05) is 18.0 Å². The minimum atomic E-state index is 0.427. The number of hydrogen-bond acceptors (Lipinski definition) is 3. The highest BCUT2D eigenvalue weighted by Crippen LogP contribution is 2.26. The van der Waals surface area contributed by atoms with Gasteiger partial charge in [0.05, 0.1) is 0 Å². The number of hydroxylamine groups is 1. The van der Waals surface area contributed by atoms with Crippen molar-refractivity contribution in [2.24, 2.45) is 0 Å². The van der Waals surface area contributed by atoms with Gasteiger partial charge in [0.15, 0.2) is 5.82 Å². The lowest BCUT2D eigenvalue weighted by molar-refractivity contribution is 0.242. The van der Waals surface area contributed by atoms with Crippen LogP contribution in [-0.2, 0) is 4.84 Å². The fourth-order valence-electron chi connectivity index (χ4n) is 1.47. The van der Waals surface area contributed by atoms with E-state index in [2.05, 4.69) is 24.9 Å². The van der Waals surface area contributed by atoms with Crippen LogP contribution in [0.4, 0.5) is 5.82 Å². The number of pyridine rings is 1. The van der Waals surface area contributed by atoms with Crippen molar-refractivity contribution in [2.45, 2.75) is 19.8 Å². The molecule has 0 unspecified atom stereocenters. The fourth-order valence-corrected chi connectivity index (χ4v) is 1.47. The van der Waals surface area contributed by atoms with Crippen molar-refractivity contribution in [1.82, 2.24) is 4.98 Å². The maximum atomic E-state index is 5.36. The first-order valence-electron chi connectivity index (χ1n) is 5.03. The Balaban J connectivity index is 2.34. The van der Waals surface area contributed by atoms with Gasteiger partial charge in [-0.15, -0.1) is 0 Å². The van der Waals surface area contributed by atoms with Crippen molar-refractivity contribution < 1.29 is 4.84 Å². The molecule has 1 aliphatic rings. The van der Waals surface area contributed by atoms with Crippen LogP contribution in [0, 0.1) is 0 Å². The molecule has 0 saturated carbocycles. The van der Waals surface area contributed by atoms with E-state index < -0.39 is 0 Å². The number of aromatic nitrogens is 1. The molecule has 0 aromatic carbocycles. The monoisotopic (exact) mass is 202 g/mol. The number of nitrogens with zero attached hydrogens (tertiary/aromatic N) is 2. The molecule has 2 heterocycles. The third-order valence-electron chi connectivity index (χ3n) is 2.23. The standard InChI is InChI=1S/C12H14N2O/c1-10(2)11-6-5-7-13-12(11)14-8-3-4-9-15-14/h3-10H,1-2H3. The lowest BCUT2D eigenvalue weighted by atomic mass is 10.0. The lowest BCUT2D eigenvalue weighted by Crippen LogP contribution is -2.18. The zero-order valence-corrected chi connectivity index (χ0v) is 8.92. The molecule has 1 aromatic rings. The van der Waals surface area contributed by atoms with Crippen LogP contribution in [0.5, 0.6) is 0 Å². The minimum absolute atomic E-state index is 0.427. The maximum Gasteiger partial charge on any atom is 0.172 e. The van der Waals surface area contributed by atoms with Crippen molar-refractivity contribution in [1.29, 1.82) is 0 Å². The van der Waals surface area contributed by atoms with Crippen LogP contribution in [0.3, 0.4) is 0 Å². The molecule has 1 aromatic heterocycles. The summed E-state index contributed by atoms with van der Waals surface area (Å²) >= 11 is 0. The van der Waals surface area contributed by atoms with E-state index in [1.165, 1.54) is 5.56 Å². The van der Waals surface area contributed by atoms with Crippen molar-refractivity contribution in [3.63, 3.8) is 0 Å². The molecule has 15 heavy (non-hydrogen) atoms. The van der Waals surface area contributed by atoms with Crippen LogP contribution < -0.4 is 5.06 Å². The van der Waals surface area contributed by atoms with Crippen LogP contribution in [0.1, 0.15) is 25.3 Å². The van der Waals surface area contributed by atoms with Gasteiger partial charge in [-0.05, 0) is 24.1 Å². The summed E-state index contributed by atoms with van der Waals surface area (Å²) in [4.78, 5) is 9.70. The highest BCUT2D eigenvalue weighted by atomic mass is 16.7. The van der Waals surface area contributed by atoms with E-state index in [0.29, 0.717) is 5.92 Å². The molecule has 0 amide bonds. The van der Waals surface area contributed by atoms with E-state index in [4.69, 9.17) is 4.84 Å². The number of allylic oxidation sites excluding steroid dienone is 2. The van der Waals surface area contributed by atoms with Crippen molar-refractivity contribution in [2.75, 3.05) is 5.06 Å². The van der Waals surface area contributed by atoms with Crippen LogP contribution in [0.2, 0.25) is 0 Å². The molecule has 0 atom stereocenters. The predicted octanol–water partition coefficient (Wildman–Crippen LogP) is 2.98. The molecule has 78 valence electrons. The van der Waals surface area contributed by atoms with Crippen LogP contribution in [0.25, 0.3) is 0 Å². The first-order valence-corrected chi connectivity index (χ1v) is 5.03. The van der Waals surface area contributed by atoms with Crippen LogP contribution >= 0.6 is 0 Å². The third-order valence-corrected chi connectivity index (χ3v) is 2.23. The summed E-state index contributed by atoms with van der Waals surface area (Å²) < 4.78 is 0. The minimum Gasteiger partial charge on any atom is -0.382 e. The average molecular weight is 202 g/mol. The number of anilines is 1. The summed E-state index contributed by atoms with van der Waals surface area (Å²) in [5.74, 6) is 1.28. The van der Waals surface area contributed by atoms with Crippen LogP contribution in [0.15, 0.2) is 42.9 Å². The van der Waals surface area contributed by atoms with E-state index in [0.717, 1.165) is 5.82 Å². The van der Waals surface area contributed by atoms with Gasteiger partial charge in [-0.2, -0.15) is 5.06 Å².